The lowest BCUT2D eigenvalue weighted by molar-refractivity contribution is 0.247. The molecule has 0 radical (unpaired) electrons. The summed E-state index contributed by atoms with van der Waals surface area (Å²) in [5, 5.41) is 0. The molecule has 0 atom stereocenters. The Morgan fingerprint density at radius 2 is 1.95 bits per heavy atom. The SMILES string of the molecule is NCCc1ccc(N2CCN(CC3CC3)CC2)nc1. The van der Waals surface area contributed by atoms with Crippen molar-refractivity contribution >= 4 is 5.82 Å². The maximum Gasteiger partial charge on any atom is 0.128 e. The number of anilines is 1. The zero-order valence-corrected chi connectivity index (χ0v) is 11.6. The van der Waals surface area contributed by atoms with Crippen LogP contribution in [0.25, 0.3) is 0 Å². The summed E-state index contributed by atoms with van der Waals surface area (Å²) in [6.07, 6.45) is 5.79. The summed E-state index contributed by atoms with van der Waals surface area (Å²) in [4.78, 5) is 9.58. The van der Waals surface area contributed by atoms with Gasteiger partial charge in [0.2, 0.25) is 0 Å². The molecule has 1 saturated heterocycles. The van der Waals surface area contributed by atoms with Crippen LogP contribution in [0.15, 0.2) is 18.3 Å². The summed E-state index contributed by atoms with van der Waals surface area (Å²) in [7, 11) is 0. The molecule has 2 aliphatic rings. The molecule has 0 bridgehead atoms. The van der Waals surface area contributed by atoms with Gasteiger partial charge in [-0.25, -0.2) is 4.98 Å². The van der Waals surface area contributed by atoms with E-state index in [9.17, 15) is 0 Å². The van der Waals surface area contributed by atoms with Crippen LogP contribution in [0, 0.1) is 5.92 Å². The number of rotatable bonds is 5. The van der Waals surface area contributed by atoms with Crippen molar-refractivity contribution in [1.82, 2.24) is 9.88 Å². The molecule has 1 aliphatic heterocycles. The Bertz CT molecular complexity index is 391. The molecule has 1 aromatic rings. The van der Waals surface area contributed by atoms with Crippen LogP contribution >= 0.6 is 0 Å². The zero-order valence-electron chi connectivity index (χ0n) is 11.6. The lowest BCUT2D eigenvalue weighted by Gasteiger charge is -2.35. The van der Waals surface area contributed by atoms with Crippen LogP contribution in [-0.2, 0) is 6.42 Å². The van der Waals surface area contributed by atoms with Gasteiger partial charge in [0.1, 0.15) is 5.82 Å². The lowest BCUT2D eigenvalue weighted by Crippen LogP contribution is -2.47. The fraction of sp³-hybridized carbons (Fsp3) is 0.667. The average molecular weight is 260 g/mol. The second-order valence-corrected chi connectivity index (χ2v) is 5.79. The molecular formula is C15H24N4. The second kappa shape index (κ2) is 5.88. The molecule has 2 fully saturated rings. The Balaban J connectivity index is 1.52. The highest BCUT2D eigenvalue weighted by atomic mass is 15.3. The van der Waals surface area contributed by atoms with E-state index >= 15 is 0 Å². The third-order valence-electron chi connectivity index (χ3n) is 4.15. The van der Waals surface area contributed by atoms with Crippen LogP contribution in [0.2, 0.25) is 0 Å². The van der Waals surface area contributed by atoms with E-state index < -0.39 is 0 Å². The van der Waals surface area contributed by atoms with Gasteiger partial charge in [-0.2, -0.15) is 0 Å². The number of hydrogen-bond acceptors (Lipinski definition) is 4. The quantitative estimate of drug-likeness (QED) is 0.861. The van der Waals surface area contributed by atoms with Crippen LogP contribution in [0.4, 0.5) is 5.82 Å². The van der Waals surface area contributed by atoms with Crippen LogP contribution < -0.4 is 10.6 Å². The molecule has 0 spiro atoms. The molecule has 104 valence electrons. The van der Waals surface area contributed by atoms with Gasteiger partial charge >= 0.3 is 0 Å². The first-order chi connectivity index (χ1) is 9.35. The predicted molar refractivity (Wildman–Crippen MR) is 78.4 cm³/mol. The van der Waals surface area contributed by atoms with Crippen molar-refractivity contribution in [3.63, 3.8) is 0 Å². The highest BCUT2D eigenvalue weighted by Gasteiger charge is 2.26. The van der Waals surface area contributed by atoms with Gasteiger partial charge in [0, 0.05) is 38.9 Å². The molecule has 0 aromatic carbocycles. The number of piperazine rings is 1. The Morgan fingerprint density at radius 1 is 1.16 bits per heavy atom. The molecule has 1 saturated carbocycles. The normalized spacial score (nSPS) is 20.8. The topological polar surface area (TPSA) is 45.4 Å². The smallest absolute Gasteiger partial charge is 0.128 e. The van der Waals surface area contributed by atoms with Crippen LogP contribution in [0.5, 0.6) is 0 Å². The van der Waals surface area contributed by atoms with E-state index in [-0.39, 0.29) is 0 Å². The summed E-state index contributed by atoms with van der Waals surface area (Å²) in [5.74, 6) is 2.12. The van der Waals surface area contributed by atoms with E-state index in [1.807, 2.05) is 6.20 Å². The highest BCUT2D eigenvalue weighted by molar-refractivity contribution is 5.40. The number of nitrogens with zero attached hydrogens (tertiary/aromatic N) is 3. The van der Waals surface area contributed by atoms with Crippen molar-refractivity contribution in [2.24, 2.45) is 11.7 Å². The maximum absolute atomic E-state index is 5.56. The Hall–Kier alpha value is -1.13. The third kappa shape index (κ3) is 3.45. The van der Waals surface area contributed by atoms with E-state index in [1.165, 1.54) is 38.0 Å². The molecule has 2 N–H and O–H groups in total. The van der Waals surface area contributed by atoms with Gasteiger partial charge < -0.3 is 10.6 Å². The molecule has 3 rings (SSSR count). The van der Waals surface area contributed by atoms with Gasteiger partial charge in [0.25, 0.3) is 0 Å². The number of pyridine rings is 1. The van der Waals surface area contributed by atoms with Crippen LogP contribution in [-0.4, -0.2) is 49.2 Å². The second-order valence-electron chi connectivity index (χ2n) is 5.79. The molecule has 19 heavy (non-hydrogen) atoms. The number of nitrogens with two attached hydrogens (primary N) is 1. The van der Waals surface area contributed by atoms with E-state index in [1.54, 1.807) is 0 Å². The summed E-state index contributed by atoms with van der Waals surface area (Å²) in [5.41, 5.74) is 6.79. The largest absolute Gasteiger partial charge is 0.354 e. The third-order valence-corrected chi connectivity index (χ3v) is 4.15. The standard InChI is InChI=1S/C15H24N4/c16-6-5-13-3-4-15(17-11-13)19-9-7-18(8-10-19)12-14-1-2-14/h3-4,11,14H,1-2,5-10,12,16H2. The Labute approximate surface area is 115 Å². The first kappa shape index (κ1) is 12.9. The fourth-order valence-corrected chi connectivity index (χ4v) is 2.74. The van der Waals surface area contributed by atoms with Gasteiger partial charge in [-0.05, 0) is 43.4 Å². The van der Waals surface area contributed by atoms with Gasteiger partial charge in [-0.15, -0.1) is 0 Å². The minimum absolute atomic E-state index is 0.695. The van der Waals surface area contributed by atoms with E-state index in [4.69, 9.17) is 5.73 Å². The minimum atomic E-state index is 0.695. The fourth-order valence-electron chi connectivity index (χ4n) is 2.74. The summed E-state index contributed by atoms with van der Waals surface area (Å²) < 4.78 is 0. The number of aromatic nitrogens is 1. The molecule has 0 unspecified atom stereocenters. The van der Waals surface area contributed by atoms with Crippen molar-refractivity contribution in [3.8, 4) is 0 Å². The first-order valence-electron chi connectivity index (χ1n) is 7.47. The van der Waals surface area contributed by atoms with E-state index in [0.29, 0.717) is 6.54 Å². The first-order valence-corrected chi connectivity index (χ1v) is 7.47. The molecule has 4 nitrogen and oxygen atoms in total. The molecule has 1 aliphatic carbocycles. The lowest BCUT2D eigenvalue weighted by atomic mass is 10.2. The van der Waals surface area contributed by atoms with Crippen molar-refractivity contribution in [2.75, 3.05) is 44.2 Å². The van der Waals surface area contributed by atoms with Gasteiger partial charge in [0.15, 0.2) is 0 Å². The molecule has 2 heterocycles. The van der Waals surface area contributed by atoms with E-state index in [0.717, 1.165) is 31.2 Å². The Morgan fingerprint density at radius 3 is 2.53 bits per heavy atom. The van der Waals surface area contributed by atoms with Crippen molar-refractivity contribution in [1.29, 1.82) is 0 Å². The zero-order chi connectivity index (χ0) is 13.1. The van der Waals surface area contributed by atoms with Crippen molar-refractivity contribution in [2.45, 2.75) is 19.3 Å². The van der Waals surface area contributed by atoms with Crippen molar-refractivity contribution in [3.05, 3.63) is 23.9 Å². The maximum atomic E-state index is 5.56. The predicted octanol–water partition coefficient (Wildman–Crippen LogP) is 1.11. The summed E-state index contributed by atoms with van der Waals surface area (Å²) >= 11 is 0. The molecule has 0 amide bonds. The van der Waals surface area contributed by atoms with Gasteiger partial charge in [0.05, 0.1) is 0 Å². The minimum Gasteiger partial charge on any atom is -0.354 e. The highest BCUT2D eigenvalue weighted by Crippen LogP contribution is 2.30. The summed E-state index contributed by atoms with van der Waals surface area (Å²) in [6, 6.07) is 4.30. The van der Waals surface area contributed by atoms with Crippen LogP contribution in [0.1, 0.15) is 18.4 Å². The summed E-state index contributed by atoms with van der Waals surface area (Å²) in [6.45, 7) is 6.59. The average Bonchev–Trinajstić information content (AvgIpc) is 3.25. The molecular weight excluding hydrogens is 236 g/mol. The van der Waals surface area contributed by atoms with Crippen molar-refractivity contribution < 1.29 is 0 Å². The molecule has 1 aromatic heterocycles. The van der Waals surface area contributed by atoms with E-state index in [2.05, 4.69) is 26.9 Å². The molecule has 4 heteroatoms. The van der Waals surface area contributed by atoms with Crippen LogP contribution in [0.3, 0.4) is 0 Å². The van der Waals surface area contributed by atoms with Gasteiger partial charge in [-0.3, -0.25) is 4.90 Å². The van der Waals surface area contributed by atoms with Gasteiger partial charge in [-0.1, -0.05) is 6.07 Å². The number of hydrogen-bond donors (Lipinski definition) is 1. The Kier molecular flexibility index (Phi) is 3.99. The monoisotopic (exact) mass is 260 g/mol.